The van der Waals surface area contributed by atoms with Crippen LogP contribution >= 0.6 is 7.82 Å². The SMILES string of the molecule is CC(CN=C=O)c1ccc2oc(=O)c(C(C)CC(=O)OCOP(=O)(O)O)cc2c1. The molecule has 0 aliphatic rings. The smallest absolute Gasteiger partial charge is 0.438 e. The fourth-order valence-electron chi connectivity index (χ4n) is 2.67. The van der Waals surface area contributed by atoms with E-state index in [2.05, 4.69) is 14.3 Å². The third kappa shape index (κ3) is 6.74. The summed E-state index contributed by atoms with van der Waals surface area (Å²) in [5, 5.41) is 0.643. The highest BCUT2D eigenvalue weighted by Crippen LogP contribution is 2.35. The van der Waals surface area contributed by atoms with Crippen molar-refractivity contribution in [3.8, 4) is 0 Å². The minimum atomic E-state index is -4.74. The van der Waals surface area contributed by atoms with Gasteiger partial charge in [-0.15, -0.1) is 0 Å². The molecule has 0 saturated carbocycles. The van der Waals surface area contributed by atoms with Crippen LogP contribution in [-0.2, 0) is 23.4 Å². The standard InChI is InChI=1S/C18H20NO9P/c1-11(5-17(21)26-10-27-29(23,24)25)15-7-14-6-13(12(2)8-19-9-20)3-4-16(14)28-18(15)22/h3-4,6-7,11-12H,5,8,10H2,1-2H3,(H2,23,24,25). The van der Waals surface area contributed by atoms with Gasteiger partial charge in [-0.2, -0.15) is 0 Å². The van der Waals surface area contributed by atoms with Gasteiger partial charge in [-0.25, -0.2) is 23.7 Å². The van der Waals surface area contributed by atoms with Crippen LogP contribution in [0.1, 0.15) is 43.2 Å². The molecule has 2 aromatic rings. The molecule has 0 spiro atoms. The van der Waals surface area contributed by atoms with E-state index < -0.39 is 32.1 Å². The number of nitrogens with zero attached hydrogens (tertiary/aromatic N) is 1. The van der Waals surface area contributed by atoms with Crippen molar-refractivity contribution in [1.29, 1.82) is 0 Å². The van der Waals surface area contributed by atoms with E-state index in [1.807, 2.05) is 13.0 Å². The first-order valence-corrected chi connectivity index (χ1v) is 10.1. The summed E-state index contributed by atoms with van der Waals surface area (Å²) in [7, 11) is -4.74. The molecule has 0 aliphatic heterocycles. The average Bonchev–Trinajstić information content (AvgIpc) is 2.63. The number of carbonyl (C=O) groups is 1. The largest absolute Gasteiger partial charge is 0.472 e. The van der Waals surface area contributed by atoms with E-state index >= 15 is 0 Å². The molecule has 0 aliphatic carbocycles. The number of isocyanates is 1. The molecule has 10 nitrogen and oxygen atoms in total. The molecule has 0 saturated heterocycles. The lowest BCUT2D eigenvalue weighted by Crippen LogP contribution is -2.16. The monoisotopic (exact) mass is 425 g/mol. The Balaban J connectivity index is 2.17. The van der Waals surface area contributed by atoms with Gasteiger partial charge in [0.2, 0.25) is 12.9 Å². The van der Waals surface area contributed by atoms with Crippen LogP contribution in [0.3, 0.4) is 0 Å². The molecule has 1 aromatic heterocycles. The lowest BCUT2D eigenvalue weighted by molar-refractivity contribution is -0.151. The second-order valence-corrected chi connectivity index (χ2v) is 7.72. The number of carbonyl (C=O) groups excluding carboxylic acids is 2. The van der Waals surface area contributed by atoms with Gasteiger partial charge in [0.25, 0.3) is 0 Å². The predicted octanol–water partition coefficient (Wildman–Crippen LogP) is 2.34. The number of aliphatic imine (C=N–C) groups is 1. The van der Waals surface area contributed by atoms with Crippen molar-refractivity contribution >= 4 is 30.8 Å². The van der Waals surface area contributed by atoms with E-state index in [0.29, 0.717) is 11.0 Å². The minimum absolute atomic E-state index is 0.0438. The average molecular weight is 425 g/mol. The number of fused-ring (bicyclic) bond motifs is 1. The normalized spacial score (nSPS) is 13.5. The Labute approximate surface area is 165 Å². The van der Waals surface area contributed by atoms with Crippen LogP contribution in [0.5, 0.6) is 0 Å². The van der Waals surface area contributed by atoms with Gasteiger partial charge in [0.1, 0.15) is 5.58 Å². The number of phosphoric ester groups is 1. The van der Waals surface area contributed by atoms with Crippen LogP contribution < -0.4 is 5.63 Å². The fraction of sp³-hybridized carbons (Fsp3) is 0.389. The highest BCUT2D eigenvalue weighted by atomic mass is 31.2. The van der Waals surface area contributed by atoms with Gasteiger partial charge in [0.05, 0.1) is 13.0 Å². The number of phosphoric acid groups is 1. The summed E-state index contributed by atoms with van der Waals surface area (Å²) in [6.45, 7) is 2.89. The Morgan fingerprint density at radius 2 is 2.00 bits per heavy atom. The molecule has 2 atom stereocenters. The maximum atomic E-state index is 12.3. The molecular formula is C18H20NO9P. The molecule has 0 amide bonds. The summed E-state index contributed by atoms with van der Waals surface area (Å²) in [5.41, 5.74) is 0.910. The van der Waals surface area contributed by atoms with E-state index in [-0.39, 0.29) is 24.4 Å². The van der Waals surface area contributed by atoms with Gasteiger partial charge in [-0.05, 0) is 29.7 Å². The fourth-order valence-corrected chi connectivity index (χ4v) is 2.86. The van der Waals surface area contributed by atoms with Crippen molar-refractivity contribution < 1.29 is 37.6 Å². The highest BCUT2D eigenvalue weighted by molar-refractivity contribution is 7.46. The maximum Gasteiger partial charge on any atom is 0.472 e. The molecule has 0 fully saturated rings. The van der Waals surface area contributed by atoms with Crippen LogP contribution in [0.2, 0.25) is 0 Å². The lowest BCUT2D eigenvalue weighted by Gasteiger charge is -2.13. The number of benzene rings is 1. The van der Waals surface area contributed by atoms with E-state index in [9.17, 15) is 18.9 Å². The van der Waals surface area contributed by atoms with Crippen molar-refractivity contribution in [3.63, 3.8) is 0 Å². The van der Waals surface area contributed by atoms with Gasteiger partial charge in [-0.3, -0.25) is 4.79 Å². The second-order valence-electron chi connectivity index (χ2n) is 6.48. The van der Waals surface area contributed by atoms with E-state index in [0.717, 1.165) is 5.56 Å². The van der Waals surface area contributed by atoms with Crippen LogP contribution in [0.25, 0.3) is 11.0 Å². The third-order valence-electron chi connectivity index (χ3n) is 4.23. The summed E-state index contributed by atoms with van der Waals surface area (Å²) in [5.74, 6) is -1.41. The van der Waals surface area contributed by atoms with Gasteiger partial charge < -0.3 is 18.9 Å². The van der Waals surface area contributed by atoms with E-state index in [1.54, 1.807) is 25.1 Å². The number of ether oxygens (including phenoxy) is 1. The predicted molar refractivity (Wildman–Crippen MR) is 101 cm³/mol. The molecule has 11 heteroatoms. The topological polar surface area (TPSA) is 153 Å². The molecule has 2 unspecified atom stereocenters. The zero-order valence-electron chi connectivity index (χ0n) is 15.7. The van der Waals surface area contributed by atoms with Crippen LogP contribution in [-0.4, -0.2) is 35.2 Å². The summed E-state index contributed by atoms with van der Waals surface area (Å²) in [6.07, 6.45) is 1.28. The quantitative estimate of drug-likeness (QED) is 0.154. The van der Waals surface area contributed by atoms with Crippen LogP contribution in [0.15, 0.2) is 38.5 Å². The first kappa shape index (κ1) is 22.7. The minimum Gasteiger partial charge on any atom is -0.438 e. The number of hydrogen-bond donors (Lipinski definition) is 2. The Hall–Kier alpha value is -2.61. The number of esters is 1. The van der Waals surface area contributed by atoms with Crippen LogP contribution in [0, 0.1) is 0 Å². The van der Waals surface area contributed by atoms with Crippen molar-refractivity contribution in [2.45, 2.75) is 32.1 Å². The van der Waals surface area contributed by atoms with Gasteiger partial charge in [-0.1, -0.05) is 19.9 Å². The van der Waals surface area contributed by atoms with Gasteiger partial charge >= 0.3 is 19.4 Å². The van der Waals surface area contributed by atoms with Crippen molar-refractivity contribution in [1.82, 2.24) is 0 Å². The Bertz CT molecular complexity index is 1040. The zero-order chi connectivity index (χ0) is 21.6. The first-order chi connectivity index (χ1) is 13.6. The Morgan fingerprint density at radius 3 is 2.66 bits per heavy atom. The molecule has 2 rings (SSSR count). The number of hydrogen-bond acceptors (Lipinski definition) is 8. The van der Waals surface area contributed by atoms with Crippen molar-refractivity contribution in [2.24, 2.45) is 4.99 Å². The third-order valence-corrected chi connectivity index (χ3v) is 4.67. The summed E-state index contributed by atoms with van der Waals surface area (Å²) < 4.78 is 24.5. The number of rotatable bonds is 9. The molecule has 1 heterocycles. The zero-order valence-corrected chi connectivity index (χ0v) is 16.6. The molecule has 0 radical (unpaired) electrons. The molecular weight excluding hydrogens is 405 g/mol. The Morgan fingerprint density at radius 1 is 1.28 bits per heavy atom. The van der Waals surface area contributed by atoms with E-state index in [4.69, 9.17) is 14.2 Å². The summed E-state index contributed by atoms with van der Waals surface area (Å²) in [6, 6.07) is 6.85. The molecule has 2 N–H and O–H groups in total. The molecule has 156 valence electrons. The molecule has 29 heavy (non-hydrogen) atoms. The van der Waals surface area contributed by atoms with Gasteiger partial charge in [0, 0.05) is 16.9 Å². The summed E-state index contributed by atoms with van der Waals surface area (Å²) >= 11 is 0. The Kier molecular flexibility index (Phi) is 7.61. The molecule has 1 aromatic carbocycles. The van der Waals surface area contributed by atoms with Gasteiger partial charge in [0.15, 0.2) is 0 Å². The molecule has 0 bridgehead atoms. The van der Waals surface area contributed by atoms with Crippen molar-refractivity contribution in [2.75, 3.05) is 13.3 Å². The lowest BCUT2D eigenvalue weighted by atomic mass is 9.96. The maximum absolute atomic E-state index is 12.3. The summed E-state index contributed by atoms with van der Waals surface area (Å²) in [4.78, 5) is 55.0. The van der Waals surface area contributed by atoms with Crippen LogP contribution in [0.4, 0.5) is 0 Å². The van der Waals surface area contributed by atoms with Crippen molar-refractivity contribution in [3.05, 3.63) is 45.8 Å². The highest BCUT2D eigenvalue weighted by Gasteiger charge is 2.20. The first-order valence-electron chi connectivity index (χ1n) is 8.57. The van der Waals surface area contributed by atoms with E-state index in [1.165, 1.54) is 6.08 Å². The second kappa shape index (κ2) is 9.73.